The second-order valence-electron chi connectivity index (χ2n) is 6.14. The van der Waals surface area contributed by atoms with Crippen LogP contribution in [0.4, 0.5) is 0 Å². The van der Waals surface area contributed by atoms with Crippen LogP contribution in [0.3, 0.4) is 0 Å². The summed E-state index contributed by atoms with van der Waals surface area (Å²) < 4.78 is 0. The Labute approximate surface area is 110 Å². The molecule has 2 N–H and O–H groups in total. The van der Waals surface area contributed by atoms with Crippen LogP contribution in [0.5, 0.6) is 0 Å². The summed E-state index contributed by atoms with van der Waals surface area (Å²) >= 11 is 0. The highest BCUT2D eigenvalue weighted by Gasteiger charge is 2.30. The van der Waals surface area contributed by atoms with Crippen LogP contribution in [0.25, 0.3) is 0 Å². The van der Waals surface area contributed by atoms with Gasteiger partial charge in [-0.15, -0.1) is 0 Å². The molecule has 104 valence electrons. The molecule has 2 atom stereocenters. The molecule has 0 aromatic rings. The molecule has 2 heterocycles. The van der Waals surface area contributed by atoms with Crippen LogP contribution >= 0.6 is 0 Å². The highest BCUT2D eigenvalue weighted by molar-refractivity contribution is 5.77. The lowest BCUT2D eigenvalue weighted by Gasteiger charge is -2.27. The molecule has 0 saturated carbocycles. The van der Waals surface area contributed by atoms with E-state index in [2.05, 4.69) is 23.6 Å². The van der Waals surface area contributed by atoms with Crippen molar-refractivity contribution in [2.24, 2.45) is 11.7 Å². The zero-order chi connectivity index (χ0) is 13.1. The maximum Gasteiger partial charge on any atom is 0.224 e. The number of hydrogen-bond acceptors (Lipinski definition) is 3. The molecule has 0 spiro atoms. The molecule has 0 aromatic carbocycles. The smallest absolute Gasteiger partial charge is 0.224 e. The summed E-state index contributed by atoms with van der Waals surface area (Å²) in [7, 11) is 0. The molecule has 2 unspecified atom stereocenters. The monoisotopic (exact) mass is 253 g/mol. The van der Waals surface area contributed by atoms with Crippen LogP contribution in [-0.4, -0.2) is 54.0 Å². The highest BCUT2D eigenvalue weighted by atomic mass is 16.2. The largest absolute Gasteiger partial charge is 0.341 e. The van der Waals surface area contributed by atoms with Gasteiger partial charge in [-0.05, 0) is 31.7 Å². The predicted octanol–water partition coefficient (Wildman–Crippen LogP) is 1.06. The Bertz CT molecular complexity index is 293. The zero-order valence-electron chi connectivity index (χ0n) is 11.8. The van der Waals surface area contributed by atoms with Gasteiger partial charge in [-0.25, -0.2) is 0 Å². The molecule has 2 saturated heterocycles. The van der Waals surface area contributed by atoms with E-state index in [1.54, 1.807) is 0 Å². The standard InChI is InChI=1S/C14H27N3O/c1-11(2)13(15)9-14(18)17-8-4-7-16-6-3-5-12(16)10-17/h11-13H,3-10,15H2,1-2H3. The average molecular weight is 253 g/mol. The summed E-state index contributed by atoms with van der Waals surface area (Å²) in [6.45, 7) is 8.38. The first-order valence-electron chi connectivity index (χ1n) is 7.35. The van der Waals surface area contributed by atoms with E-state index in [-0.39, 0.29) is 11.9 Å². The second-order valence-corrected chi connectivity index (χ2v) is 6.14. The van der Waals surface area contributed by atoms with E-state index < -0.39 is 0 Å². The Morgan fingerprint density at radius 2 is 2.00 bits per heavy atom. The van der Waals surface area contributed by atoms with E-state index in [0.717, 1.165) is 26.1 Å². The molecule has 2 fully saturated rings. The quantitative estimate of drug-likeness (QED) is 0.818. The number of fused-ring (bicyclic) bond motifs is 1. The number of nitrogens with zero attached hydrogens (tertiary/aromatic N) is 2. The van der Waals surface area contributed by atoms with Gasteiger partial charge in [-0.3, -0.25) is 9.69 Å². The van der Waals surface area contributed by atoms with Crippen LogP contribution < -0.4 is 5.73 Å². The molecule has 0 aliphatic carbocycles. The fraction of sp³-hybridized carbons (Fsp3) is 0.929. The van der Waals surface area contributed by atoms with E-state index in [1.165, 1.54) is 19.4 Å². The maximum absolute atomic E-state index is 12.3. The van der Waals surface area contributed by atoms with E-state index >= 15 is 0 Å². The molecule has 0 radical (unpaired) electrons. The van der Waals surface area contributed by atoms with Crippen LogP contribution in [0.2, 0.25) is 0 Å². The fourth-order valence-electron chi connectivity index (χ4n) is 3.00. The van der Waals surface area contributed by atoms with Crippen molar-refractivity contribution in [3.05, 3.63) is 0 Å². The van der Waals surface area contributed by atoms with Crippen LogP contribution in [0.1, 0.15) is 39.5 Å². The molecule has 0 bridgehead atoms. The van der Waals surface area contributed by atoms with Gasteiger partial charge < -0.3 is 10.6 Å². The highest BCUT2D eigenvalue weighted by Crippen LogP contribution is 2.21. The molecule has 4 heteroatoms. The van der Waals surface area contributed by atoms with Gasteiger partial charge in [-0.2, -0.15) is 0 Å². The minimum absolute atomic E-state index is 0.000402. The van der Waals surface area contributed by atoms with Crippen molar-refractivity contribution in [2.75, 3.05) is 26.2 Å². The molecule has 2 aliphatic heterocycles. The van der Waals surface area contributed by atoms with Crippen molar-refractivity contribution < 1.29 is 4.79 Å². The Morgan fingerprint density at radius 1 is 1.28 bits per heavy atom. The van der Waals surface area contributed by atoms with Crippen molar-refractivity contribution >= 4 is 5.91 Å². The topological polar surface area (TPSA) is 49.6 Å². The molecular formula is C14H27N3O. The third-order valence-corrected chi connectivity index (χ3v) is 4.42. The zero-order valence-corrected chi connectivity index (χ0v) is 11.8. The molecule has 1 amide bonds. The first-order valence-corrected chi connectivity index (χ1v) is 7.35. The van der Waals surface area contributed by atoms with Gasteiger partial charge in [0.1, 0.15) is 0 Å². The lowest BCUT2D eigenvalue weighted by Crippen LogP contribution is -2.42. The molecule has 2 rings (SSSR count). The third kappa shape index (κ3) is 3.23. The van der Waals surface area contributed by atoms with E-state index in [1.807, 2.05) is 0 Å². The number of rotatable bonds is 3. The Balaban J connectivity index is 1.89. The number of nitrogens with two attached hydrogens (primary N) is 1. The van der Waals surface area contributed by atoms with Crippen LogP contribution in [0, 0.1) is 5.92 Å². The minimum atomic E-state index is 0.000402. The predicted molar refractivity (Wildman–Crippen MR) is 73.2 cm³/mol. The Kier molecular flexibility index (Phi) is 4.62. The van der Waals surface area contributed by atoms with Gasteiger partial charge in [0.15, 0.2) is 0 Å². The van der Waals surface area contributed by atoms with Crippen molar-refractivity contribution in [1.29, 1.82) is 0 Å². The number of carbonyl (C=O) groups excluding carboxylic acids is 1. The van der Waals surface area contributed by atoms with Crippen molar-refractivity contribution in [1.82, 2.24) is 9.80 Å². The Hall–Kier alpha value is -0.610. The van der Waals surface area contributed by atoms with E-state index in [4.69, 9.17) is 5.73 Å². The van der Waals surface area contributed by atoms with Crippen molar-refractivity contribution in [3.63, 3.8) is 0 Å². The summed E-state index contributed by atoms with van der Waals surface area (Å²) in [6.07, 6.45) is 4.15. The summed E-state index contributed by atoms with van der Waals surface area (Å²) in [4.78, 5) is 16.9. The average Bonchev–Trinajstić information content (AvgIpc) is 2.66. The summed E-state index contributed by atoms with van der Waals surface area (Å²) in [5.41, 5.74) is 6.01. The summed E-state index contributed by atoms with van der Waals surface area (Å²) in [5, 5.41) is 0. The molecule has 0 aromatic heterocycles. The maximum atomic E-state index is 12.3. The van der Waals surface area contributed by atoms with Crippen molar-refractivity contribution in [3.8, 4) is 0 Å². The Morgan fingerprint density at radius 3 is 2.72 bits per heavy atom. The minimum Gasteiger partial charge on any atom is -0.341 e. The fourth-order valence-corrected chi connectivity index (χ4v) is 3.00. The van der Waals surface area contributed by atoms with Gasteiger partial charge >= 0.3 is 0 Å². The first-order chi connectivity index (χ1) is 8.58. The lowest BCUT2D eigenvalue weighted by molar-refractivity contribution is -0.132. The molecular weight excluding hydrogens is 226 g/mol. The van der Waals surface area contributed by atoms with Gasteiger partial charge in [-0.1, -0.05) is 13.8 Å². The van der Waals surface area contributed by atoms with Gasteiger partial charge in [0, 0.05) is 38.1 Å². The third-order valence-electron chi connectivity index (χ3n) is 4.42. The first kappa shape index (κ1) is 13.8. The van der Waals surface area contributed by atoms with Gasteiger partial charge in [0.2, 0.25) is 5.91 Å². The van der Waals surface area contributed by atoms with E-state index in [9.17, 15) is 4.79 Å². The van der Waals surface area contributed by atoms with Gasteiger partial charge in [0.25, 0.3) is 0 Å². The molecule has 4 nitrogen and oxygen atoms in total. The SMILES string of the molecule is CC(C)C(N)CC(=O)N1CCCN2CCCC2C1. The number of hydrogen-bond donors (Lipinski definition) is 1. The van der Waals surface area contributed by atoms with E-state index in [0.29, 0.717) is 18.4 Å². The summed E-state index contributed by atoms with van der Waals surface area (Å²) in [6, 6.07) is 0.604. The van der Waals surface area contributed by atoms with Crippen LogP contribution in [0.15, 0.2) is 0 Å². The summed E-state index contributed by atoms with van der Waals surface area (Å²) in [5.74, 6) is 0.633. The van der Waals surface area contributed by atoms with Gasteiger partial charge in [0.05, 0.1) is 0 Å². The second kappa shape index (κ2) is 6.02. The lowest BCUT2D eigenvalue weighted by atomic mass is 10.0. The molecule has 2 aliphatic rings. The normalized spacial score (nSPS) is 27.1. The number of amides is 1. The van der Waals surface area contributed by atoms with Crippen molar-refractivity contribution in [2.45, 2.75) is 51.6 Å². The number of carbonyl (C=O) groups is 1. The molecule has 18 heavy (non-hydrogen) atoms. The van der Waals surface area contributed by atoms with Crippen LogP contribution in [-0.2, 0) is 4.79 Å².